The molecule has 2 aromatic carbocycles. The molecule has 7 nitrogen and oxygen atoms in total. The zero-order valence-electron chi connectivity index (χ0n) is 17.7. The molecule has 1 fully saturated rings. The van der Waals surface area contributed by atoms with Gasteiger partial charge in [-0.05, 0) is 65.4 Å². The first kappa shape index (κ1) is 20.8. The van der Waals surface area contributed by atoms with Gasteiger partial charge in [-0.2, -0.15) is 0 Å². The predicted octanol–water partition coefficient (Wildman–Crippen LogP) is 2.70. The summed E-state index contributed by atoms with van der Waals surface area (Å²) < 4.78 is 13.5. The monoisotopic (exact) mass is 444 g/mol. The minimum atomic E-state index is -1.48. The molecule has 1 unspecified atom stereocenters. The van der Waals surface area contributed by atoms with E-state index in [2.05, 4.69) is 15.6 Å². The van der Waals surface area contributed by atoms with Crippen molar-refractivity contribution in [3.05, 3.63) is 101 Å². The maximum atomic E-state index is 13.5. The summed E-state index contributed by atoms with van der Waals surface area (Å²) in [5.74, 6) is -1.23. The first-order valence-corrected chi connectivity index (χ1v) is 10.6. The lowest BCUT2D eigenvalue weighted by Crippen LogP contribution is -2.52. The number of hydrogen-bond donors (Lipinski definition) is 2. The van der Waals surface area contributed by atoms with Gasteiger partial charge in [0, 0.05) is 24.5 Å². The van der Waals surface area contributed by atoms with Crippen molar-refractivity contribution in [3.63, 3.8) is 0 Å². The molecular weight excluding hydrogens is 423 g/mol. The molecule has 2 aliphatic heterocycles. The van der Waals surface area contributed by atoms with Crippen LogP contribution in [0.25, 0.3) is 0 Å². The summed E-state index contributed by atoms with van der Waals surface area (Å²) in [6.07, 6.45) is 5.22. The average molecular weight is 444 g/mol. The van der Waals surface area contributed by atoms with E-state index in [1.54, 1.807) is 17.3 Å². The van der Waals surface area contributed by atoms with Crippen LogP contribution in [0.5, 0.6) is 0 Å². The van der Waals surface area contributed by atoms with Gasteiger partial charge in [-0.25, -0.2) is 9.18 Å². The van der Waals surface area contributed by atoms with Gasteiger partial charge in [-0.15, -0.1) is 0 Å². The van der Waals surface area contributed by atoms with Crippen LogP contribution in [0.4, 0.5) is 9.18 Å². The van der Waals surface area contributed by atoms with Crippen molar-refractivity contribution in [2.24, 2.45) is 0 Å². The number of fused-ring (bicyclic) bond motifs is 1. The maximum absolute atomic E-state index is 13.5. The molecule has 0 radical (unpaired) electrons. The summed E-state index contributed by atoms with van der Waals surface area (Å²) in [6, 6.07) is 14.5. The number of urea groups is 1. The van der Waals surface area contributed by atoms with Crippen LogP contribution in [0.15, 0.2) is 67.0 Å². The van der Waals surface area contributed by atoms with Crippen molar-refractivity contribution in [1.29, 1.82) is 0 Å². The lowest BCUT2D eigenvalue weighted by molar-refractivity contribution is -0.124. The van der Waals surface area contributed by atoms with Gasteiger partial charge in [-0.1, -0.05) is 24.3 Å². The van der Waals surface area contributed by atoms with Crippen LogP contribution < -0.4 is 10.6 Å². The van der Waals surface area contributed by atoms with Gasteiger partial charge in [0.1, 0.15) is 5.82 Å². The van der Waals surface area contributed by atoms with Gasteiger partial charge in [0.05, 0.1) is 6.54 Å². The number of aromatic nitrogens is 1. The lowest BCUT2D eigenvalue weighted by atomic mass is 9.89. The number of nitrogens with zero attached hydrogens (tertiary/aromatic N) is 2. The number of carbonyl (C=O) groups is 3. The van der Waals surface area contributed by atoms with Crippen LogP contribution in [0, 0.1) is 5.82 Å². The van der Waals surface area contributed by atoms with Gasteiger partial charge in [0.25, 0.3) is 11.8 Å². The van der Waals surface area contributed by atoms with Crippen LogP contribution >= 0.6 is 0 Å². The minimum absolute atomic E-state index is 0.0595. The van der Waals surface area contributed by atoms with Gasteiger partial charge in [0.2, 0.25) is 0 Å². The van der Waals surface area contributed by atoms with Gasteiger partial charge >= 0.3 is 6.03 Å². The standard InChI is InChI=1S/C25H21FN4O3/c26-20-6-4-19(5-7-20)25(23(32)28-24(33)29-25)15-30-14-18-13-17(3-8-21(18)22(30)31)2-1-16-9-11-27-12-10-16/h3-13H,1-2,14-15H2,(H2,28,29,32,33). The number of pyridine rings is 1. The van der Waals surface area contributed by atoms with E-state index in [4.69, 9.17) is 0 Å². The molecule has 1 saturated heterocycles. The number of nitrogens with one attached hydrogen (secondary N) is 2. The highest BCUT2D eigenvalue weighted by molar-refractivity contribution is 6.08. The maximum Gasteiger partial charge on any atom is 0.322 e. The van der Waals surface area contributed by atoms with Crippen LogP contribution in [-0.2, 0) is 29.7 Å². The number of hydrogen-bond acceptors (Lipinski definition) is 4. The highest BCUT2D eigenvalue weighted by Crippen LogP contribution is 2.31. The van der Waals surface area contributed by atoms with Crippen molar-refractivity contribution >= 4 is 17.8 Å². The van der Waals surface area contributed by atoms with Crippen molar-refractivity contribution in [1.82, 2.24) is 20.5 Å². The van der Waals surface area contributed by atoms with Crippen LogP contribution in [0.2, 0.25) is 0 Å². The van der Waals surface area contributed by atoms with Crippen LogP contribution in [0.3, 0.4) is 0 Å². The molecule has 4 amide bonds. The molecule has 0 saturated carbocycles. The fraction of sp³-hybridized carbons (Fsp3) is 0.200. The molecule has 2 N–H and O–H groups in total. The Hall–Kier alpha value is -4.07. The molecule has 8 heteroatoms. The summed E-state index contributed by atoms with van der Waals surface area (Å²) >= 11 is 0. The fourth-order valence-electron chi connectivity index (χ4n) is 4.47. The molecule has 5 rings (SSSR count). The van der Waals surface area contributed by atoms with E-state index in [1.807, 2.05) is 30.3 Å². The Kier molecular flexibility index (Phi) is 5.12. The topological polar surface area (TPSA) is 91.4 Å². The van der Waals surface area contributed by atoms with E-state index in [0.29, 0.717) is 17.7 Å². The molecule has 166 valence electrons. The van der Waals surface area contributed by atoms with Crippen molar-refractivity contribution in [2.75, 3.05) is 6.54 Å². The zero-order valence-corrected chi connectivity index (χ0v) is 17.7. The Morgan fingerprint density at radius 3 is 2.36 bits per heavy atom. The summed E-state index contributed by atoms with van der Waals surface area (Å²) in [5, 5.41) is 4.90. The number of carbonyl (C=O) groups excluding carboxylic acids is 3. The molecule has 0 aliphatic carbocycles. The quantitative estimate of drug-likeness (QED) is 0.572. The number of halogens is 1. The molecule has 0 spiro atoms. The summed E-state index contributed by atoms with van der Waals surface area (Å²) in [6.45, 7) is 0.263. The second-order valence-electron chi connectivity index (χ2n) is 8.33. The van der Waals surface area contributed by atoms with Gasteiger partial charge in [-0.3, -0.25) is 19.9 Å². The van der Waals surface area contributed by atoms with Gasteiger partial charge < -0.3 is 10.2 Å². The second-order valence-corrected chi connectivity index (χ2v) is 8.33. The Balaban J connectivity index is 1.37. The lowest BCUT2D eigenvalue weighted by Gasteiger charge is -2.31. The number of rotatable bonds is 6. The number of aryl methyl sites for hydroxylation is 2. The molecule has 0 bridgehead atoms. The Bertz CT molecular complexity index is 1250. The number of imide groups is 1. The van der Waals surface area contributed by atoms with E-state index >= 15 is 0 Å². The summed E-state index contributed by atoms with van der Waals surface area (Å²) in [4.78, 5) is 43.5. The SMILES string of the molecule is O=C1NC(=O)C(CN2Cc3cc(CCc4ccncc4)ccc3C2=O)(c2ccc(F)cc2)N1. The van der Waals surface area contributed by atoms with Crippen molar-refractivity contribution in [3.8, 4) is 0 Å². The summed E-state index contributed by atoms with van der Waals surface area (Å²) in [7, 11) is 0. The molecule has 2 aliphatic rings. The fourth-order valence-corrected chi connectivity index (χ4v) is 4.47. The van der Waals surface area contributed by atoms with Gasteiger partial charge in [0.15, 0.2) is 5.54 Å². The largest absolute Gasteiger partial charge is 0.331 e. The third kappa shape index (κ3) is 3.84. The third-order valence-corrected chi connectivity index (χ3v) is 6.21. The van der Waals surface area contributed by atoms with E-state index in [0.717, 1.165) is 24.0 Å². The second kappa shape index (κ2) is 8.12. The van der Waals surface area contributed by atoms with E-state index in [-0.39, 0.29) is 12.5 Å². The number of amides is 4. The predicted molar refractivity (Wildman–Crippen MR) is 118 cm³/mol. The highest BCUT2D eigenvalue weighted by atomic mass is 19.1. The molecule has 1 aromatic heterocycles. The first-order chi connectivity index (χ1) is 15.9. The summed E-state index contributed by atoms with van der Waals surface area (Å²) in [5.41, 5.74) is 2.70. The molecule has 1 atom stereocenters. The highest BCUT2D eigenvalue weighted by Gasteiger charge is 2.50. The van der Waals surface area contributed by atoms with Crippen LogP contribution in [-0.4, -0.2) is 34.3 Å². The number of benzene rings is 2. The molecule has 3 aromatic rings. The Labute approximate surface area is 189 Å². The Morgan fingerprint density at radius 2 is 1.67 bits per heavy atom. The normalized spacial score (nSPS) is 19.4. The minimum Gasteiger partial charge on any atom is -0.331 e. The third-order valence-electron chi connectivity index (χ3n) is 6.21. The van der Waals surface area contributed by atoms with E-state index in [1.165, 1.54) is 29.8 Å². The van der Waals surface area contributed by atoms with E-state index in [9.17, 15) is 18.8 Å². The van der Waals surface area contributed by atoms with Crippen LogP contribution in [0.1, 0.15) is 32.6 Å². The Morgan fingerprint density at radius 1 is 0.939 bits per heavy atom. The average Bonchev–Trinajstić information content (AvgIpc) is 3.28. The van der Waals surface area contributed by atoms with Crippen molar-refractivity contribution in [2.45, 2.75) is 24.9 Å². The van der Waals surface area contributed by atoms with Crippen molar-refractivity contribution < 1.29 is 18.8 Å². The smallest absolute Gasteiger partial charge is 0.322 e. The zero-order chi connectivity index (χ0) is 23.0. The molecule has 33 heavy (non-hydrogen) atoms. The first-order valence-electron chi connectivity index (χ1n) is 10.6. The molecular formula is C25H21FN4O3. The molecule has 3 heterocycles. The van der Waals surface area contributed by atoms with E-state index < -0.39 is 23.3 Å².